The SMILES string of the molecule is CCCCC(N)C(=O)N1CCN(c2ccccn2)CC1. The summed E-state index contributed by atoms with van der Waals surface area (Å²) in [5, 5.41) is 0. The second kappa shape index (κ2) is 7.24. The van der Waals surface area contributed by atoms with Crippen LogP contribution >= 0.6 is 0 Å². The number of unbranched alkanes of at least 4 members (excludes halogenated alkanes) is 1. The van der Waals surface area contributed by atoms with Gasteiger partial charge in [0.25, 0.3) is 0 Å². The fourth-order valence-corrected chi connectivity index (χ4v) is 2.48. The van der Waals surface area contributed by atoms with Gasteiger partial charge >= 0.3 is 0 Å². The predicted molar refractivity (Wildman–Crippen MR) is 80.5 cm³/mol. The molecular formula is C15H24N4O. The van der Waals surface area contributed by atoms with Gasteiger partial charge in [0.15, 0.2) is 0 Å². The first-order valence-electron chi connectivity index (χ1n) is 7.42. The molecule has 0 spiro atoms. The maximum atomic E-state index is 12.2. The van der Waals surface area contributed by atoms with Gasteiger partial charge < -0.3 is 15.5 Å². The standard InChI is InChI=1S/C15H24N4O/c1-2-3-6-13(16)15(20)19-11-9-18(10-12-19)14-7-4-5-8-17-14/h4-5,7-8,13H,2-3,6,9-12,16H2,1H3. The zero-order chi connectivity index (χ0) is 14.4. The summed E-state index contributed by atoms with van der Waals surface area (Å²) in [6.07, 6.45) is 4.68. The van der Waals surface area contributed by atoms with E-state index in [2.05, 4.69) is 16.8 Å². The van der Waals surface area contributed by atoms with Crippen molar-refractivity contribution in [3.05, 3.63) is 24.4 Å². The minimum atomic E-state index is -0.337. The minimum absolute atomic E-state index is 0.0964. The van der Waals surface area contributed by atoms with Gasteiger partial charge in [0, 0.05) is 32.4 Å². The van der Waals surface area contributed by atoms with E-state index in [1.807, 2.05) is 23.1 Å². The molecule has 5 heteroatoms. The molecule has 20 heavy (non-hydrogen) atoms. The number of pyridine rings is 1. The quantitative estimate of drug-likeness (QED) is 0.879. The third-order valence-corrected chi connectivity index (χ3v) is 3.75. The molecule has 2 N–H and O–H groups in total. The monoisotopic (exact) mass is 276 g/mol. The lowest BCUT2D eigenvalue weighted by Crippen LogP contribution is -2.53. The molecule has 2 heterocycles. The van der Waals surface area contributed by atoms with Crippen molar-refractivity contribution in [2.45, 2.75) is 32.2 Å². The van der Waals surface area contributed by atoms with Crippen LogP contribution in [-0.4, -0.2) is 48.0 Å². The molecule has 1 aromatic rings. The molecule has 1 aliphatic heterocycles. The van der Waals surface area contributed by atoms with Crippen molar-refractivity contribution in [2.24, 2.45) is 5.73 Å². The van der Waals surface area contributed by atoms with E-state index in [1.165, 1.54) is 0 Å². The van der Waals surface area contributed by atoms with E-state index in [-0.39, 0.29) is 11.9 Å². The lowest BCUT2D eigenvalue weighted by molar-refractivity contribution is -0.133. The molecule has 0 radical (unpaired) electrons. The van der Waals surface area contributed by atoms with Crippen molar-refractivity contribution in [3.8, 4) is 0 Å². The van der Waals surface area contributed by atoms with Crippen molar-refractivity contribution in [1.29, 1.82) is 0 Å². The van der Waals surface area contributed by atoms with Crippen molar-refractivity contribution in [1.82, 2.24) is 9.88 Å². The molecule has 1 saturated heterocycles. The Hall–Kier alpha value is -1.62. The smallest absolute Gasteiger partial charge is 0.239 e. The summed E-state index contributed by atoms with van der Waals surface area (Å²) < 4.78 is 0. The molecule has 110 valence electrons. The Bertz CT molecular complexity index is 415. The summed E-state index contributed by atoms with van der Waals surface area (Å²) in [5.74, 6) is 1.08. The maximum Gasteiger partial charge on any atom is 0.239 e. The highest BCUT2D eigenvalue weighted by atomic mass is 16.2. The Kier molecular flexibility index (Phi) is 5.35. The Morgan fingerprint density at radius 1 is 1.35 bits per heavy atom. The van der Waals surface area contributed by atoms with Crippen LogP contribution in [0.1, 0.15) is 26.2 Å². The molecule has 1 fully saturated rings. The molecule has 1 atom stereocenters. The zero-order valence-electron chi connectivity index (χ0n) is 12.2. The Morgan fingerprint density at radius 3 is 2.70 bits per heavy atom. The lowest BCUT2D eigenvalue weighted by atomic mass is 10.1. The van der Waals surface area contributed by atoms with E-state index in [1.54, 1.807) is 6.20 Å². The van der Waals surface area contributed by atoms with E-state index in [4.69, 9.17) is 5.73 Å². The topological polar surface area (TPSA) is 62.5 Å². The average molecular weight is 276 g/mol. The van der Waals surface area contributed by atoms with Gasteiger partial charge in [-0.15, -0.1) is 0 Å². The van der Waals surface area contributed by atoms with Gasteiger partial charge in [0.05, 0.1) is 6.04 Å². The zero-order valence-corrected chi connectivity index (χ0v) is 12.2. The van der Waals surface area contributed by atoms with E-state index in [0.29, 0.717) is 0 Å². The minimum Gasteiger partial charge on any atom is -0.353 e. The number of hydrogen-bond acceptors (Lipinski definition) is 4. The number of hydrogen-bond donors (Lipinski definition) is 1. The largest absolute Gasteiger partial charge is 0.353 e. The molecule has 0 bridgehead atoms. The number of carbonyl (C=O) groups is 1. The summed E-state index contributed by atoms with van der Waals surface area (Å²) >= 11 is 0. The van der Waals surface area contributed by atoms with Crippen LogP contribution in [0, 0.1) is 0 Å². The number of rotatable bonds is 5. The van der Waals surface area contributed by atoms with Crippen LogP contribution in [0.4, 0.5) is 5.82 Å². The molecule has 1 aliphatic rings. The molecule has 2 rings (SSSR count). The maximum absolute atomic E-state index is 12.2. The van der Waals surface area contributed by atoms with Crippen LogP contribution in [0.25, 0.3) is 0 Å². The van der Waals surface area contributed by atoms with Crippen LogP contribution in [0.2, 0.25) is 0 Å². The number of piperazine rings is 1. The number of amides is 1. The Balaban J connectivity index is 1.83. The molecule has 0 saturated carbocycles. The summed E-state index contributed by atoms with van der Waals surface area (Å²) in [6.45, 7) is 5.22. The summed E-state index contributed by atoms with van der Waals surface area (Å²) in [5.41, 5.74) is 5.96. The third-order valence-electron chi connectivity index (χ3n) is 3.75. The molecular weight excluding hydrogens is 252 g/mol. The molecule has 0 aromatic carbocycles. The van der Waals surface area contributed by atoms with Crippen LogP contribution in [0.15, 0.2) is 24.4 Å². The second-order valence-electron chi connectivity index (χ2n) is 5.25. The van der Waals surface area contributed by atoms with Crippen molar-refractivity contribution < 1.29 is 4.79 Å². The number of nitrogens with zero attached hydrogens (tertiary/aromatic N) is 3. The molecule has 1 unspecified atom stereocenters. The first-order valence-corrected chi connectivity index (χ1v) is 7.42. The fraction of sp³-hybridized carbons (Fsp3) is 0.600. The van der Waals surface area contributed by atoms with Crippen LogP contribution < -0.4 is 10.6 Å². The van der Waals surface area contributed by atoms with Gasteiger partial charge in [-0.05, 0) is 18.6 Å². The summed E-state index contributed by atoms with van der Waals surface area (Å²) in [7, 11) is 0. The highest BCUT2D eigenvalue weighted by molar-refractivity contribution is 5.81. The average Bonchev–Trinajstić information content (AvgIpc) is 2.53. The van der Waals surface area contributed by atoms with Crippen LogP contribution in [0.3, 0.4) is 0 Å². The number of nitrogens with two attached hydrogens (primary N) is 1. The van der Waals surface area contributed by atoms with Gasteiger partial charge in [-0.3, -0.25) is 4.79 Å². The molecule has 5 nitrogen and oxygen atoms in total. The first kappa shape index (κ1) is 14.8. The third kappa shape index (κ3) is 3.70. The fourth-order valence-electron chi connectivity index (χ4n) is 2.48. The van der Waals surface area contributed by atoms with E-state index >= 15 is 0 Å². The number of aromatic nitrogens is 1. The highest BCUT2D eigenvalue weighted by Crippen LogP contribution is 2.13. The van der Waals surface area contributed by atoms with Crippen molar-refractivity contribution in [2.75, 3.05) is 31.1 Å². The Labute approximate surface area is 120 Å². The van der Waals surface area contributed by atoms with Crippen LogP contribution in [0.5, 0.6) is 0 Å². The summed E-state index contributed by atoms with van der Waals surface area (Å²) in [4.78, 5) is 20.7. The van der Waals surface area contributed by atoms with Gasteiger partial charge in [-0.25, -0.2) is 4.98 Å². The van der Waals surface area contributed by atoms with E-state index < -0.39 is 0 Å². The van der Waals surface area contributed by atoms with E-state index in [9.17, 15) is 4.79 Å². The summed E-state index contributed by atoms with van der Waals surface area (Å²) in [6, 6.07) is 5.57. The van der Waals surface area contributed by atoms with Gasteiger partial charge in [0.2, 0.25) is 5.91 Å². The molecule has 1 aromatic heterocycles. The van der Waals surface area contributed by atoms with Crippen molar-refractivity contribution in [3.63, 3.8) is 0 Å². The first-order chi connectivity index (χ1) is 9.72. The highest BCUT2D eigenvalue weighted by Gasteiger charge is 2.25. The molecule has 0 aliphatic carbocycles. The van der Waals surface area contributed by atoms with Gasteiger partial charge in [-0.1, -0.05) is 25.8 Å². The normalized spacial score (nSPS) is 17.1. The van der Waals surface area contributed by atoms with Gasteiger partial charge in [-0.2, -0.15) is 0 Å². The van der Waals surface area contributed by atoms with Crippen molar-refractivity contribution >= 4 is 11.7 Å². The van der Waals surface area contributed by atoms with Crippen LogP contribution in [-0.2, 0) is 4.79 Å². The number of anilines is 1. The predicted octanol–water partition coefficient (Wildman–Crippen LogP) is 1.25. The number of carbonyl (C=O) groups excluding carboxylic acids is 1. The van der Waals surface area contributed by atoms with Gasteiger partial charge in [0.1, 0.15) is 5.82 Å². The van der Waals surface area contributed by atoms with E-state index in [0.717, 1.165) is 51.3 Å². The molecule has 1 amide bonds. The lowest BCUT2D eigenvalue weighted by Gasteiger charge is -2.36. The Morgan fingerprint density at radius 2 is 2.10 bits per heavy atom. The second-order valence-corrected chi connectivity index (χ2v) is 5.25.